The normalized spacial score (nSPS) is 15.8. The Kier molecular flexibility index (Phi) is 5.84. The molecular weight excluding hydrogens is 390 g/mol. The quantitative estimate of drug-likeness (QED) is 0.661. The van der Waals surface area contributed by atoms with Gasteiger partial charge in [0.1, 0.15) is 0 Å². The Bertz CT molecular complexity index is 910. The van der Waals surface area contributed by atoms with Crippen LogP contribution in [0.25, 0.3) is 10.8 Å². The average molecular weight is 414 g/mol. The zero-order valence-electron chi connectivity index (χ0n) is 15.1. The third kappa shape index (κ3) is 3.57. The Balaban J connectivity index is 0.00000196. The van der Waals surface area contributed by atoms with E-state index in [0.29, 0.717) is 6.04 Å². The van der Waals surface area contributed by atoms with E-state index in [2.05, 4.69) is 59.9 Å². The Morgan fingerprint density at radius 1 is 0.923 bits per heavy atom. The number of ether oxygens (including phenoxy) is 2. The zero-order chi connectivity index (χ0) is 17.2. The third-order valence-electron chi connectivity index (χ3n) is 5.06. The van der Waals surface area contributed by atoms with Crippen molar-refractivity contribution in [1.82, 2.24) is 5.32 Å². The lowest BCUT2D eigenvalue weighted by Gasteiger charge is -2.28. The fourth-order valence-electron chi connectivity index (χ4n) is 3.75. The number of rotatable bonds is 4. The summed E-state index contributed by atoms with van der Waals surface area (Å²) in [6.45, 7) is 0.987. The highest BCUT2D eigenvalue weighted by atomic mass is 79.9. The van der Waals surface area contributed by atoms with Gasteiger partial charge in [0, 0.05) is 6.04 Å². The van der Waals surface area contributed by atoms with Gasteiger partial charge in [-0.1, -0.05) is 42.5 Å². The van der Waals surface area contributed by atoms with Crippen molar-refractivity contribution in [3.63, 3.8) is 0 Å². The van der Waals surface area contributed by atoms with Crippen LogP contribution in [0.3, 0.4) is 0 Å². The van der Waals surface area contributed by atoms with Crippen molar-refractivity contribution in [2.24, 2.45) is 0 Å². The van der Waals surface area contributed by atoms with Crippen LogP contribution in [0.4, 0.5) is 0 Å². The second kappa shape index (κ2) is 8.11. The molecule has 0 aliphatic carbocycles. The van der Waals surface area contributed by atoms with Crippen molar-refractivity contribution in [3.05, 3.63) is 71.3 Å². The highest BCUT2D eigenvalue weighted by molar-refractivity contribution is 8.93. The van der Waals surface area contributed by atoms with Gasteiger partial charge < -0.3 is 14.8 Å². The van der Waals surface area contributed by atoms with Crippen molar-refractivity contribution < 1.29 is 9.47 Å². The molecule has 0 unspecified atom stereocenters. The number of benzene rings is 3. The van der Waals surface area contributed by atoms with Crippen molar-refractivity contribution in [2.75, 3.05) is 20.8 Å². The summed E-state index contributed by atoms with van der Waals surface area (Å²) in [4.78, 5) is 0. The topological polar surface area (TPSA) is 30.5 Å². The van der Waals surface area contributed by atoms with E-state index < -0.39 is 0 Å². The SMILES string of the molecule is Br.COc1cc2c(cc1OC)[C@@H](Cc1ccc3ccccc3c1)NCC2. The highest BCUT2D eigenvalue weighted by Gasteiger charge is 2.22. The first-order chi connectivity index (χ1) is 12.3. The molecule has 26 heavy (non-hydrogen) atoms. The van der Waals surface area contributed by atoms with Gasteiger partial charge in [0.2, 0.25) is 0 Å². The van der Waals surface area contributed by atoms with Crippen LogP contribution in [-0.2, 0) is 12.8 Å². The molecular formula is C22H24BrNO2. The second-order valence-corrected chi connectivity index (χ2v) is 6.55. The Hall–Kier alpha value is -2.04. The smallest absolute Gasteiger partial charge is 0.161 e. The average Bonchev–Trinajstić information content (AvgIpc) is 2.67. The van der Waals surface area contributed by atoms with E-state index in [1.807, 2.05) is 0 Å². The molecule has 0 spiro atoms. The third-order valence-corrected chi connectivity index (χ3v) is 5.06. The molecule has 0 bridgehead atoms. The molecule has 4 rings (SSSR count). The molecule has 0 radical (unpaired) electrons. The van der Waals surface area contributed by atoms with E-state index in [1.54, 1.807) is 14.2 Å². The number of hydrogen-bond donors (Lipinski definition) is 1. The number of hydrogen-bond acceptors (Lipinski definition) is 3. The first-order valence-electron chi connectivity index (χ1n) is 8.74. The maximum Gasteiger partial charge on any atom is 0.161 e. The van der Waals surface area contributed by atoms with Crippen LogP contribution < -0.4 is 14.8 Å². The van der Waals surface area contributed by atoms with E-state index in [0.717, 1.165) is 30.9 Å². The molecule has 3 nitrogen and oxygen atoms in total. The maximum absolute atomic E-state index is 5.51. The molecule has 0 fully saturated rings. The predicted molar refractivity (Wildman–Crippen MR) is 112 cm³/mol. The van der Waals surface area contributed by atoms with Crippen molar-refractivity contribution in [2.45, 2.75) is 18.9 Å². The van der Waals surface area contributed by atoms with Crippen LogP contribution in [0.15, 0.2) is 54.6 Å². The van der Waals surface area contributed by atoms with Gasteiger partial charge in [0.05, 0.1) is 14.2 Å². The van der Waals surface area contributed by atoms with Gasteiger partial charge >= 0.3 is 0 Å². The van der Waals surface area contributed by atoms with Crippen molar-refractivity contribution in [3.8, 4) is 11.5 Å². The first kappa shape index (κ1) is 18.7. The summed E-state index contributed by atoms with van der Waals surface area (Å²) >= 11 is 0. The van der Waals surface area contributed by atoms with Crippen LogP contribution in [0.1, 0.15) is 22.7 Å². The first-order valence-corrected chi connectivity index (χ1v) is 8.74. The van der Waals surface area contributed by atoms with Crippen LogP contribution in [0.5, 0.6) is 11.5 Å². The maximum atomic E-state index is 5.51. The number of nitrogens with one attached hydrogen (secondary N) is 1. The standard InChI is InChI=1S/C22H23NO2.BrH/c1-24-21-13-18-9-10-23-20(19(18)14-22(21)25-2)12-15-7-8-16-5-3-4-6-17(16)11-15;/h3-8,11,13-14,20,23H,9-10,12H2,1-2H3;1H/t20-;/m1./s1. The van der Waals surface area contributed by atoms with Crippen LogP contribution in [0, 0.1) is 0 Å². The van der Waals surface area contributed by atoms with Gasteiger partial charge in [-0.2, -0.15) is 0 Å². The molecule has 0 saturated heterocycles. The van der Waals surface area contributed by atoms with Gasteiger partial charge in [-0.3, -0.25) is 0 Å². The predicted octanol–water partition coefficient (Wildman–Crippen LogP) is 4.86. The molecule has 3 aromatic rings. The molecule has 0 aromatic heterocycles. The summed E-state index contributed by atoms with van der Waals surface area (Å²) in [6.07, 6.45) is 1.98. The Labute approximate surface area is 165 Å². The molecule has 1 heterocycles. The van der Waals surface area contributed by atoms with E-state index in [9.17, 15) is 0 Å². The lowest BCUT2D eigenvalue weighted by Crippen LogP contribution is -2.31. The van der Waals surface area contributed by atoms with Gasteiger partial charge in [-0.15, -0.1) is 17.0 Å². The van der Waals surface area contributed by atoms with E-state index >= 15 is 0 Å². The molecule has 0 saturated carbocycles. The van der Waals surface area contributed by atoms with Crippen molar-refractivity contribution >= 4 is 27.8 Å². The fraction of sp³-hybridized carbons (Fsp3) is 0.273. The number of methoxy groups -OCH3 is 2. The summed E-state index contributed by atoms with van der Waals surface area (Å²) in [7, 11) is 3.39. The Morgan fingerprint density at radius 3 is 2.42 bits per heavy atom. The van der Waals surface area contributed by atoms with Crippen LogP contribution >= 0.6 is 17.0 Å². The minimum atomic E-state index is 0. The summed E-state index contributed by atoms with van der Waals surface area (Å²) < 4.78 is 11.0. The highest BCUT2D eigenvalue weighted by Crippen LogP contribution is 2.36. The van der Waals surface area contributed by atoms with Gasteiger partial charge in [0.25, 0.3) is 0 Å². The molecule has 4 heteroatoms. The molecule has 3 aromatic carbocycles. The molecule has 1 atom stereocenters. The van der Waals surface area contributed by atoms with Crippen LogP contribution in [0.2, 0.25) is 0 Å². The molecule has 1 aliphatic rings. The number of halogens is 1. The van der Waals surface area contributed by atoms with E-state index in [1.165, 1.54) is 27.5 Å². The molecule has 1 aliphatic heterocycles. The molecule has 0 amide bonds. The fourth-order valence-corrected chi connectivity index (χ4v) is 3.75. The molecule has 1 N–H and O–H groups in total. The zero-order valence-corrected chi connectivity index (χ0v) is 16.8. The van der Waals surface area contributed by atoms with Crippen LogP contribution in [-0.4, -0.2) is 20.8 Å². The lowest BCUT2D eigenvalue weighted by atomic mass is 9.89. The van der Waals surface area contributed by atoms with Crippen molar-refractivity contribution in [1.29, 1.82) is 0 Å². The monoisotopic (exact) mass is 413 g/mol. The van der Waals surface area contributed by atoms with E-state index in [-0.39, 0.29) is 17.0 Å². The number of fused-ring (bicyclic) bond motifs is 2. The van der Waals surface area contributed by atoms with Gasteiger partial charge in [0.15, 0.2) is 11.5 Å². The summed E-state index contributed by atoms with van der Waals surface area (Å²) in [5.74, 6) is 1.61. The molecule has 136 valence electrons. The van der Waals surface area contributed by atoms with Gasteiger partial charge in [-0.25, -0.2) is 0 Å². The Morgan fingerprint density at radius 2 is 1.65 bits per heavy atom. The van der Waals surface area contributed by atoms with E-state index in [4.69, 9.17) is 9.47 Å². The minimum Gasteiger partial charge on any atom is -0.493 e. The summed E-state index contributed by atoms with van der Waals surface area (Å²) in [5, 5.41) is 6.25. The second-order valence-electron chi connectivity index (χ2n) is 6.55. The largest absolute Gasteiger partial charge is 0.493 e. The lowest BCUT2D eigenvalue weighted by molar-refractivity contribution is 0.352. The minimum absolute atomic E-state index is 0. The summed E-state index contributed by atoms with van der Waals surface area (Å²) in [5.41, 5.74) is 4.01. The summed E-state index contributed by atoms with van der Waals surface area (Å²) in [6, 6.07) is 19.8. The van der Waals surface area contributed by atoms with Gasteiger partial charge in [-0.05, 0) is 59.0 Å².